The highest BCUT2D eigenvalue weighted by atomic mass is 16.5. The Morgan fingerprint density at radius 1 is 1.18 bits per heavy atom. The number of likely N-dealkylation sites (tertiary alicyclic amines) is 1. The van der Waals surface area contributed by atoms with E-state index in [9.17, 15) is 9.59 Å². The van der Waals surface area contributed by atoms with Gasteiger partial charge in [0.25, 0.3) is 0 Å². The number of carbonyl (C=O) groups is 2. The van der Waals surface area contributed by atoms with Crippen LogP contribution in [0.1, 0.15) is 34.3 Å². The van der Waals surface area contributed by atoms with Crippen LogP contribution in [0.5, 0.6) is 5.75 Å². The lowest BCUT2D eigenvalue weighted by molar-refractivity contribution is -0.134. The molecule has 0 aliphatic carbocycles. The molecule has 4 rings (SSSR count). The van der Waals surface area contributed by atoms with E-state index in [1.54, 1.807) is 12.1 Å². The van der Waals surface area contributed by atoms with E-state index in [4.69, 9.17) is 4.74 Å². The molecule has 2 aromatic carbocycles. The second-order valence-electron chi connectivity index (χ2n) is 7.30. The summed E-state index contributed by atoms with van der Waals surface area (Å²) in [6.45, 7) is 2.54. The molecule has 0 unspecified atom stereocenters. The van der Waals surface area contributed by atoms with Crippen LogP contribution in [0.25, 0.3) is 6.08 Å². The van der Waals surface area contributed by atoms with Gasteiger partial charge in [0.05, 0.1) is 12.7 Å². The Kier molecular flexibility index (Phi) is 5.01. The fourth-order valence-corrected chi connectivity index (χ4v) is 3.90. The largest absolute Gasteiger partial charge is 0.478 e. The van der Waals surface area contributed by atoms with E-state index >= 15 is 0 Å². The van der Waals surface area contributed by atoms with Crippen molar-refractivity contribution in [2.45, 2.75) is 25.0 Å². The summed E-state index contributed by atoms with van der Waals surface area (Å²) >= 11 is 0. The van der Waals surface area contributed by atoms with Gasteiger partial charge in [-0.05, 0) is 29.3 Å². The van der Waals surface area contributed by atoms with E-state index in [1.165, 1.54) is 18.7 Å². The Bertz CT molecular complexity index is 911. The number of ether oxygens (including phenoxy) is 2. The van der Waals surface area contributed by atoms with E-state index in [1.807, 2.05) is 30.3 Å². The van der Waals surface area contributed by atoms with E-state index in [0.29, 0.717) is 24.2 Å². The molecule has 1 spiro atoms. The van der Waals surface area contributed by atoms with E-state index in [0.717, 1.165) is 25.2 Å². The number of carbonyl (C=O) groups excluding carboxylic acids is 2. The maximum absolute atomic E-state index is 13.1. The van der Waals surface area contributed by atoms with Gasteiger partial charge in [-0.15, -0.1) is 0 Å². The van der Waals surface area contributed by atoms with Gasteiger partial charge in [-0.1, -0.05) is 36.4 Å². The molecule has 28 heavy (non-hydrogen) atoms. The summed E-state index contributed by atoms with van der Waals surface area (Å²) in [5.74, 6) is 0.261. The first kappa shape index (κ1) is 18.4. The Labute approximate surface area is 164 Å². The highest BCUT2D eigenvalue weighted by Crippen LogP contribution is 2.41. The molecule has 0 aromatic heterocycles. The van der Waals surface area contributed by atoms with Gasteiger partial charge in [0.15, 0.2) is 5.60 Å². The molecule has 0 saturated carbocycles. The number of esters is 1. The summed E-state index contributed by atoms with van der Waals surface area (Å²) in [4.78, 5) is 26.8. The number of benzene rings is 2. The van der Waals surface area contributed by atoms with Crippen LogP contribution in [0, 0.1) is 0 Å². The molecule has 2 aromatic rings. The lowest BCUT2D eigenvalue weighted by Crippen LogP contribution is -2.50. The fourth-order valence-electron chi connectivity index (χ4n) is 3.90. The maximum atomic E-state index is 13.1. The zero-order valence-corrected chi connectivity index (χ0v) is 15.9. The normalized spacial score (nSPS) is 18.2. The minimum atomic E-state index is -0.750. The standard InChI is InChI=1S/C23H23NO4/c1-27-21(25)10-8-17-7-9-20-19(15-17)22(26)23(28-20)11-13-24(14-12-23)16-18-5-3-2-4-6-18/h2-10,15H,11-14,16H2,1H3. The van der Waals surface area contributed by atoms with Crippen molar-refractivity contribution in [3.63, 3.8) is 0 Å². The van der Waals surface area contributed by atoms with Crippen LogP contribution < -0.4 is 4.74 Å². The van der Waals surface area contributed by atoms with Crippen molar-refractivity contribution in [3.8, 4) is 5.75 Å². The average molecular weight is 377 g/mol. The van der Waals surface area contributed by atoms with Gasteiger partial charge >= 0.3 is 5.97 Å². The third-order valence-electron chi connectivity index (χ3n) is 5.49. The molecule has 0 N–H and O–H groups in total. The zero-order chi connectivity index (χ0) is 19.6. The third-order valence-corrected chi connectivity index (χ3v) is 5.49. The lowest BCUT2D eigenvalue weighted by Gasteiger charge is -2.37. The minimum Gasteiger partial charge on any atom is -0.478 e. The van der Waals surface area contributed by atoms with Crippen LogP contribution in [0.2, 0.25) is 0 Å². The van der Waals surface area contributed by atoms with Crippen LogP contribution in [-0.2, 0) is 16.1 Å². The van der Waals surface area contributed by atoms with E-state index in [2.05, 4.69) is 21.8 Å². The van der Waals surface area contributed by atoms with Crippen LogP contribution in [0.3, 0.4) is 0 Å². The molecule has 2 aliphatic heterocycles. The minimum absolute atomic E-state index is 0.0511. The summed E-state index contributed by atoms with van der Waals surface area (Å²) < 4.78 is 10.8. The lowest BCUT2D eigenvalue weighted by atomic mass is 9.85. The molecule has 0 amide bonds. The van der Waals surface area contributed by atoms with Gasteiger partial charge < -0.3 is 9.47 Å². The molecule has 2 aliphatic rings. The quantitative estimate of drug-likeness (QED) is 0.603. The van der Waals surface area contributed by atoms with Crippen molar-refractivity contribution in [3.05, 3.63) is 71.3 Å². The van der Waals surface area contributed by atoms with Crippen molar-refractivity contribution >= 4 is 17.8 Å². The second-order valence-corrected chi connectivity index (χ2v) is 7.30. The van der Waals surface area contributed by atoms with Crippen LogP contribution in [-0.4, -0.2) is 42.5 Å². The summed E-state index contributed by atoms with van der Waals surface area (Å²) in [6, 6.07) is 15.8. The van der Waals surface area contributed by atoms with Crippen molar-refractivity contribution in [1.29, 1.82) is 0 Å². The van der Waals surface area contributed by atoms with Gasteiger partial charge in [0, 0.05) is 38.6 Å². The number of methoxy groups -OCH3 is 1. The molecule has 0 atom stereocenters. The number of rotatable bonds is 4. The predicted octanol–water partition coefficient (Wildman–Crippen LogP) is 3.48. The van der Waals surface area contributed by atoms with Gasteiger partial charge in [0.1, 0.15) is 5.75 Å². The number of Topliss-reactive ketones (excluding diaryl/α,β-unsaturated/α-hetero) is 1. The van der Waals surface area contributed by atoms with Crippen molar-refractivity contribution in [1.82, 2.24) is 4.90 Å². The molecule has 0 radical (unpaired) electrons. The first-order valence-electron chi connectivity index (χ1n) is 9.50. The van der Waals surface area contributed by atoms with Crippen LogP contribution in [0.15, 0.2) is 54.6 Å². The van der Waals surface area contributed by atoms with Crippen molar-refractivity contribution in [2.24, 2.45) is 0 Å². The number of ketones is 1. The first-order valence-corrected chi connectivity index (χ1v) is 9.50. The Morgan fingerprint density at radius 3 is 2.64 bits per heavy atom. The topological polar surface area (TPSA) is 55.8 Å². The summed E-state index contributed by atoms with van der Waals surface area (Å²) in [7, 11) is 1.33. The van der Waals surface area contributed by atoms with Gasteiger partial charge in [-0.2, -0.15) is 0 Å². The van der Waals surface area contributed by atoms with Crippen LogP contribution in [0.4, 0.5) is 0 Å². The molecule has 5 heteroatoms. The van der Waals surface area contributed by atoms with E-state index < -0.39 is 11.6 Å². The van der Waals surface area contributed by atoms with Crippen LogP contribution >= 0.6 is 0 Å². The molecule has 1 saturated heterocycles. The molecular formula is C23H23NO4. The third kappa shape index (κ3) is 3.58. The zero-order valence-electron chi connectivity index (χ0n) is 15.9. The van der Waals surface area contributed by atoms with E-state index in [-0.39, 0.29) is 5.78 Å². The SMILES string of the molecule is COC(=O)C=Cc1ccc2c(c1)C(=O)C1(CCN(Cc3ccccc3)CC1)O2. The smallest absolute Gasteiger partial charge is 0.330 e. The fraction of sp³-hybridized carbons (Fsp3) is 0.304. The summed E-state index contributed by atoms with van der Waals surface area (Å²) in [6.07, 6.45) is 4.36. The number of piperidine rings is 1. The van der Waals surface area contributed by atoms with Gasteiger partial charge in [-0.3, -0.25) is 9.69 Å². The number of fused-ring (bicyclic) bond motifs is 1. The monoisotopic (exact) mass is 377 g/mol. The number of hydrogen-bond acceptors (Lipinski definition) is 5. The Morgan fingerprint density at radius 2 is 1.93 bits per heavy atom. The van der Waals surface area contributed by atoms with Crippen molar-refractivity contribution in [2.75, 3.05) is 20.2 Å². The van der Waals surface area contributed by atoms with Gasteiger partial charge in [0.2, 0.25) is 5.78 Å². The predicted molar refractivity (Wildman–Crippen MR) is 106 cm³/mol. The summed E-state index contributed by atoms with van der Waals surface area (Å²) in [5.41, 5.74) is 1.91. The van der Waals surface area contributed by atoms with Gasteiger partial charge in [-0.25, -0.2) is 4.79 Å². The number of nitrogens with zero attached hydrogens (tertiary/aromatic N) is 1. The molecule has 5 nitrogen and oxygen atoms in total. The Hall–Kier alpha value is -2.92. The Balaban J connectivity index is 1.44. The van der Waals surface area contributed by atoms with Crippen molar-refractivity contribution < 1.29 is 19.1 Å². The number of hydrogen-bond donors (Lipinski definition) is 0. The molecule has 1 fully saturated rings. The molecule has 2 heterocycles. The average Bonchev–Trinajstić information content (AvgIpc) is 3.00. The highest BCUT2D eigenvalue weighted by Gasteiger charge is 2.49. The molecule has 0 bridgehead atoms. The second kappa shape index (κ2) is 7.60. The molecular weight excluding hydrogens is 354 g/mol. The maximum Gasteiger partial charge on any atom is 0.330 e. The summed E-state index contributed by atoms with van der Waals surface area (Å²) in [5, 5.41) is 0. The highest BCUT2D eigenvalue weighted by molar-refractivity contribution is 6.08. The first-order chi connectivity index (χ1) is 13.6. The molecule has 144 valence electrons.